The molecule has 0 unspecified atom stereocenters. The third-order valence-electron chi connectivity index (χ3n) is 6.71. The Labute approximate surface area is 252 Å². The average Bonchev–Trinajstić information content (AvgIpc) is 3.23. The number of anilines is 1. The Hall–Kier alpha value is -4.11. The molecule has 1 aliphatic rings. The van der Waals surface area contributed by atoms with Gasteiger partial charge in [0.2, 0.25) is 0 Å². The van der Waals surface area contributed by atoms with E-state index >= 15 is 0 Å². The maximum atomic E-state index is 13.5. The number of carbonyl (C=O) groups is 2. The molecule has 1 saturated heterocycles. The molecule has 2 heterocycles. The van der Waals surface area contributed by atoms with E-state index in [0.717, 1.165) is 28.2 Å². The minimum Gasteiger partial charge on any atom is -0.497 e. The fraction of sp³-hybridized carbons (Fsp3) is 0.129. The largest absolute Gasteiger partial charge is 0.497 e. The van der Waals surface area contributed by atoms with Gasteiger partial charge >= 0.3 is 0 Å². The molecule has 7 nitrogen and oxygen atoms in total. The van der Waals surface area contributed by atoms with Crippen molar-refractivity contribution >= 4 is 64.1 Å². The van der Waals surface area contributed by atoms with Gasteiger partial charge in [0.1, 0.15) is 23.7 Å². The van der Waals surface area contributed by atoms with Gasteiger partial charge in [-0.25, -0.2) is 0 Å². The van der Waals surface area contributed by atoms with Crippen LogP contribution in [0.5, 0.6) is 11.5 Å². The Morgan fingerprint density at radius 2 is 1.56 bits per heavy atom. The van der Waals surface area contributed by atoms with Crippen molar-refractivity contribution in [1.29, 1.82) is 0 Å². The molecule has 0 saturated carbocycles. The summed E-state index contributed by atoms with van der Waals surface area (Å²) in [5.74, 6) is 0.276. The molecule has 1 N–H and O–H groups in total. The quantitative estimate of drug-likeness (QED) is 0.142. The molecule has 0 aliphatic carbocycles. The summed E-state index contributed by atoms with van der Waals surface area (Å²) in [6.07, 6.45) is 1.60. The minimum atomic E-state index is -0.545. The van der Waals surface area contributed by atoms with Gasteiger partial charge in [-0.15, -0.1) is 0 Å². The normalized spacial score (nSPS) is 14.4. The van der Waals surface area contributed by atoms with E-state index in [0.29, 0.717) is 33.8 Å². The predicted octanol–water partition coefficient (Wildman–Crippen LogP) is 6.82. The minimum absolute atomic E-state index is 0.0146. The first-order valence-electron chi connectivity index (χ1n) is 12.6. The average molecular weight is 607 g/mol. The van der Waals surface area contributed by atoms with E-state index in [9.17, 15) is 9.59 Å². The molecule has 208 valence electrons. The van der Waals surface area contributed by atoms with Crippen LogP contribution in [0.15, 0.2) is 78.4 Å². The number of ether oxygens (including phenoxy) is 2. The number of benzene rings is 3. The summed E-state index contributed by atoms with van der Waals surface area (Å²) in [6.45, 7) is 4.20. The molecule has 0 radical (unpaired) electrons. The number of nitrogens with one attached hydrogen (secondary N) is 1. The first-order valence-corrected chi connectivity index (χ1v) is 13.7. The fourth-order valence-electron chi connectivity index (χ4n) is 4.60. The van der Waals surface area contributed by atoms with Gasteiger partial charge < -0.3 is 14.0 Å². The number of aryl methyl sites for hydroxylation is 1. The van der Waals surface area contributed by atoms with Crippen molar-refractivity contribution in [2.24, 2.45) is 0 Å². The number of aromatic nitrogens is 1. The third kappa shape index (κ3) is 5.86. The lowest BCUT2D eigenvalue weighted by Gasteiger charge is -2.29. The van der Waals surface area contributed by atoms with Crippen LogP contribution in [-0.2, 0) is 16.2 Å². The van der Waals surface area contributed by atoms with Crippen molar-refractivity contribution < 1.29 is 19.1 Å². The number of amides is 2. The van der Waals surface area contributed by atoms with Gasteiger partial charge in [0.15, 0.2) is 5.11 Å². The number of hydrogen-bond donors (Lipinski definition) is 1. The molecule has 2 amide bonds. The highest BCUT2D eigenvalue weighted by Crippen LogP contribution is 2.28. The monoisotopic (exact) mass is 605 g/mol. The lowest BCUT2D eigenvalue weighted by Crippen LogP contribution is -2.54. The zero-order valence-electron chi connectivity index (χ0n) is 22.4. The number of halogens is 2. The van der Waals surface area contributed by atoms with Crippen molar-refractivity contribution in [3.63, 3.8) is 0 Å². The summed E-state index contributed by atoms with van der Waals surface area (Å²) in [4.78, 5) is 27.6. The molecule has 0 atom stereocenters. The van der Waals surface area contributed by atoms with Crippen LogP contribution in [0.2, 0.25) is 10.0 Å². The molecule has 41 heavy (non-hydrogen) atoms. The van der Waals surface area contributed by atoms with Crippen LogP contribution < -0.4 is 19.7 Å². The van der Waals surface area contributed by atoms with Crippen molar-refractivity contribution in [2.75, 3.05) is 12.0 Å². The molecular weight excluding hydrogens is 581 g/mol. The Morgan fingerprint density at radius 3 is 2.22 bits per heavy atom. The van der Waals surface area contributed by atoms with Crippen LogP contribution in [0.1, 0.15) is 22.5 Å². The van der Waals surface area contributed by atoms with Gasteiger partial charge in [-0.2, -0.15) is 0 Å². The standard InChI is InChI=1S/C31H25Cl2N3O4S/c1-18-14-21(15-27-29(37)34-31(41)36(30(27)38)24-6-10-25(39-3)11-7-24)19(2)35(18)23-8-12-26(13-9-23)40-17-20-4-5-22(32)16-28(20)33/h4-16H,17H2,1-3H3,(H,34,37,41)/b27-15+. The van der Waals surface area contributed by atoms with E-state index in [1.54, 1.807) is 49.6 Å². The van der Waals surface area contributed by atoms with E-state index in [2.05, 4.69) is 5.32 Å². The maximum Gasteiger partial charge on any atom is 0.270 e. The van der Waals surface area contributed by atoms with Crippen molar-refractivity contribution in [3.05, 3.63) is 111 Å². The summed E-state index contributed by atoms with van der Waals surface area (Å²) in [6, 6.07) is 21.7. The van der Waals surface area contributed by atoms with Gasteiger partial charge in [0.05, 0.1) is 12.8 Å². The number of hydrogen-bond acceptors (Lipinski definition) is 5. The maximum absolute atomic E-state index is 13.5. The van der Waals surface area contributed by atoms with Gasteiger partial charge in [-0.1, -0.05) is 29.3 Å². The van der Waals surface area contributed by atoms with Crippen LogP contribution in [0.4, 0.5) is 5.69 Å². The van der Waals surface area contributed by atoms with Crippen molar-refractivity contribution in [2.45, 2.75) is 20.5 Å². The van der Waals surface area contributed by atoms with Gasteiger partial charge in [0, 0.05) is 32.7 Å². The molecule has 1 aliphatic heterocycles. The number of methoxy groups -OCH3 is 1. The number of rotatable bonds is 7. The molecule has 3 aromatic carbocycles. The smallest absolute Gasteiger partial charge is 0.270 e. The van der Waals surface area contributed by atoms with E-state index in [-0.39, 0.29) is 10.7 Å². The van der Waals surface area contributed by atoms with Crippen molar-refractivity contribution in [1.82, 2.24) is 9.88 Å². The van der Waals surface area contributed by atoms with Crippen LogP contribution in [0, 0.1) is 13.8 Å². The number of nitrogens with zero attached hydrogens (tertiary/aromatic N) is 2. The highest BCUT2D eigenvalue weighted by atomic mass is 35.5. The van der Waals surface area contributed by atoms with E-state index in [1.807, 2.05) is 54.8 Å². The first-order chi connectivity index (χ1) is 19.7. The zero-order valence-corrected chi connectivity index (χ0v) is 24.7. The van der Waals surface area contributed by atoms with Crippen LogP contribution in [0.25, 0.3) is 11.8 Å². The SMILES string of the molecule is COc1ccc(N2C(=O)/C(=C/c3cc(C)n(-c4ccc(OCc5ccc(Cl)cc5Cl)cc4)c3C)C(=O)NC2=S)cc1. The Balaban J connectivity index is 1.38. The van der Waals surface area contributed by atoms with E-state index in [4.69, 9.17) is 44.9 Å². The first kappa shape index (κ1) is 28.4. The lowest BCUT2D eigenvalue weighted by molar-refractivity contribution is -0.122. The molecule has 10 heteroatoms. The molecule has 0 spiro atoms. The summed E-state index contributed by atoms with van der Waals surface area (Å²) < 4.78 is 13.2. The highest BCUT2D eigenvalue weighted by Gasteiger charge is 2.34. The molecule has 4 aromatic rings. The van der Waals surface area contributed by atoms with Gasteiger partial charge in [-0.3, -0.25) is 19.8 Å². The Kier molecular flexibility index (Phi) is 8.17. The number of carbonyl (C=O) groups excluding carboxylic acids is 2. The molecule has 1 fully saturated rings. The van der Waals surface area contributed by atoms with Crippen LogP contribution in [0.3, 0.4) is 0 Å². The topological polar surface area (TPSA) is 72.8 Å². The van der Waals surface area contributed by atoms with E-state index in [1.165, 1.54) is 4.90 Å². The predicted molar refractivity (Wildman–Crippen MR) is 165 cm³/mol. The second kappa shape index (κ2) is 11.8. The summed E-state index contributed by atoms with van der Waals surface area (Å²) in [7, 11) is 1.56. The van der Waals surface area contributed by atoms with Gasteiger partial charge in [0.25, 0.3) is 11.8 Å². The summed E-state index contributed by atoms with van der Waals surface area (Å²) in [5.41, 5.74) is 4.78. The van der Waals surface area contributed by atoms with E-state index < -0.39 is 11.8 Å². The Morgan fingerprint density at radius 1 is 0.902 bits per heavy atom. The lowest BCUT2D eigenvalue weighted by atomic mass is 10.1. The fourth-order valence-corrected chi connectivity index (χ4v) is 5.35. The molecule has 1 aromatic heterocycles. The molecule has 0 bridgehead atoms. The number of thiocarbonyl (C=S) groups is 1. The van der Waals surface area contributed by atoms with Gasteiger partial charge in [-0.05, 0) is 104 Å². The molecule has 5 rings (SSSR count). The highest BCUT2D eigenvalue weighted by molar-refractivity contribution is 7.80. The zero-order chi connectivity index (χ0) is 29.3. The second-order valence-corrected chi connectivity index (χ2v) is 10.6. The molecular formula is C31H25Cl2N3O4S. The van der Waals surface area contributed by atoms with Crippen LogP contribution >= 0.6 is 35.4 Å². The summed E-state index contributed by atoms with van der Waals surface area (Å²) in [5, 5.41) is 3.77. The van der Waals surface area contributed by atoms with Crippen LogP contribution in [-0.4, -0.2) is 28.6 Å². The second-order valence-electron chi connectivity index (χ2n) is 9.34. The summed E-state index contributed by atoms with van der Waals surface area (Å²) >= 11 is 17.5. The third-order valence-corrected chi connectivity index (χ3v) is 7.58. The Bertz CT molecular complexity index is 1700. The van der Waals surface area contributed by atoms with Crippen molar-refractivity contribution in [3.8, 4) is 17.2 Å².